The maximum atomic E-state index is 15.1. The summed E-state index contributed by atoms with van der Waals surface area (Å²) in [6.07, 6.45) is -2.64. The van der Waals surface area contributed by atoms with Crippen LogP contribution in [0.25, 0.3) is 6.08 Å². The van der Waals surface area contributed by atoms with Gasteiger partial charge in [-0.25, -0.2) is 9.79 Å². The standard InChI is InChI=1S/C58H84N2O14/c1-15-45-58(11,65)51-36(4)47(59-40(8)61)34(2)31-57(10,68-29-28-42(33-67-51)27-26-41-22-18-16-19-23-41)50(74-55-48(62)44(60(12)13)30-35(3)69-55)37(5)49(38(6)53(63)71-45)72-46-32-56(9,66-14)52(39(7)70-46)73-54(64)43-24-20-17-21-25-43/h16-28,34-39,44-46,48-52,55,62,65H,15,29-33H2,1-14H3/b27-26+,42-28-,59-47?/t34-,35-,36+,37-,38-,39+,44+,45-,46+,48-,49+,50-,51-,52+,55+,56-,57+,58-/m1/s1. The number of hydrogen-bond acceptors (Lipinski definition) is 15. The first-order valence-electron chi connectivity index (χ1n) is 26.4. The van der Waals surface area contributed by atoms with Crippen molar-refractivity contribution in [2.45, 2.75) is 186 Å². The van der Waals surface area contributed by atoms with E-state index in [1.165, 1.54) is 14.0 Å². The number of aliphatic hydroxyl groups is 2. The van der Waals surface area contributed by atoms with Crippen LogP contribution in [0.3, 0.4) is 0 Å². The lowest BCUT2D eigenvalue weighted by Crippen LogP contribution is -2.62. The molecule has 6 rings (SSSR count). The molecule has 2 bridgehead atoms. The Morgan fingerprint density at radius 3 is 2.18 bits per heavy atom. The smallest absolute Gasteiger partial charge is 0.338 e. The van der Waals surface area contributed by atoms with Gasteiger partial charge in [-0.1, -0.05) is 94.5 Å². The van der Waals surface area contributed by atoms with E-state index in [1.807, 2.05) is 122 Å². The predicted octanol–water partition coefficient (Wildman–Crippen LogP) is 7.77. The van der Waals surface area contributed by atoms with Gasteiger partial charge in [0.1, 0.15) is 23.4 Å². The van der Waals surface area contributed by atoms with Crippen LogP contribution in [0.5, 0.6) is 0 Å². The molecule has 16 nitrogen and oxygen atoms in total. The molecular weight excluding hydrogens is 949 g/mol. The Bertz CT molecular complexity index is 2270. The molecule has 2 aromatic rings. The molecule has 3 fully saturated rings. The Morgan fingerprint density at radius 1 is 0.892 bits per heavy atom. The Kier molecular flexibility index (Phi) is 20.2. The Labute approximate surface area is 439 Å². The van der Waals surface area contributed by atoms with Gasteiger partial charge in [0.15, 0.2) is 18.7 Å². The van der Waals surface area contributed by atoms with Crippen LogP contribution in [-0.2, 0) is 52.2 Å². The number of likely N-dealkylation sites (N-methyl/N-ethyl adjacent to an activating group) is 1. The van der Waals surface area contributed by atoms with E-state index in [0.717, 1.165) is 11.1 Å². The molecule has 0 unspecified atom stereocenters. The number of nitrogens with zero attached hydrogens (tertiary/aromatic N) is 2. The molecular formula is C58H84N2O14. The van der Waals surface area contributed by atoms with E-state index in [2.05, 4.69) is 4.99 Å². The highest BCUT2D eigenvalue weighted by atomic mass is 16.7. The number of amides is 1. The molecule has 4 heterocycles. The summed E-state index contributed by atoms with van der Waals surface area (Å²) in [5.41, 5.74) is -1.77. The summed E-state index contributed by atoms with van der Waals surface area (Å²) < 4.78 is 60.2. The van der Waals surface area contributed by atoms with Crippen LogP contribution in [0.1, 0.15) is 118 Å². The third kappa shape index (κ3) is 13.8. The summed E-state index contributed by atoms with van der Waals surface area (Å²) in [6, 6.07) is 18.2. The monoisotopic (exact) mass is 1030 g/mol. The highest BCUT2D eigenvalue weighted by molar-refractivity contribution is 5.98. The van der Waals surface area contributed by atoms with Gasteiger partial charge in [-0.3, -0.25) is 9.59 Å². The molecule has 18 atom stereocenters. The first-order chi connectivity index (χ1) is 34.9. The molecule has 410 valence electrons. The third-order valence-corrected chi connectivity index (χ3v) is 15.8. The van der Waals surface area contributed by atoms with Gasteiger partial charge in [0.25, 0.3) is 0 Å². The number of benzene rings is 2. The van der Waals surface area contributed by atoms with Gasteiger partial charge in [-0.15, -0.1) is 0 Å². The van der Waals surface area contributed by atoms with Crippen molar-refractivity contribution in [3.05, 3.63) is 89.5 Å². The third-order valence-electron chi connectivity index (χ3n) is 15.8. The number of rotatable bonds is 11. The first kappa shape index (κ1) is 59.1. The molecule has 74 heavy (non-hydrogen) atoms. The molecule has 16 heteroatoms. The molecule has 1 amide bonds. The van der Waals surface area contributed by atoms with Gasteiger partial charge < -0.3 is 57.7 Å². The second kappa shape index (κ2) is 25.3. The van der Waals surface area contributed by atoms with E-state index >= 15 is 4.79 Å². The van der Waals surface area contributed by atoms with Crippen LogP contribution in [0.2, 0.25) is 0 Å². The number of methoxy groups -OCH3 is 1. The zero-order valence-electron chi connectivity index (χ0n) is 46.1. The first-order valence-corrected chi connectivity index (χ1v) is 26.4. The number of fused-ring (bicyclic) bond motifs is 5. The number of ether oxygens (including phenoxy) is 9. The number of hydrogen-bond donors (Lipinski definition) is 2. The number of aliphatic hydroxyl groups excluding tert-OH is 1. The van der Waals surface area contributed by atoms with Gasteiger partial charge in [0.05, 0.1) is 60.8 Å². The van der Waals surface area contributed by atoms with Crippen LogP contribution < -0.4 is 0 Å². The lowest BCUT2D eigenvalue weighted by Gasteiger charge is -2.50. The molecule has 2 N–H and O–H groups in total. The predicted molar refractivity (Wildman–Crippen MR) is 280 cm³/mol. The van der Waals surface area contributed by atoms with Crippen molar-refractivity contribution < 1.29 is 67.2 Å². The minimum Gasteiger partial charge on any atom is -0.459 e. The quantitative estimate of drug-likeness (QED) is 0.208. The number of aliphatic imine (C=N–C) groups is 1. The Morgan fingerprint density at radius 2 is 1.55 bits per heavy atom. The van der Waals surface area contributed by atoms with Gasteiger partial charge in [0, 0.05) is 44.0 Å². The number of esters is 2. The van der Waals surface area contributed by atoms with E-state index in [0.29, 0.717) is 17.7 Å². The summed E-state index contributed by atoms with van der Waals surface area (Å²) in [6.45, 7) is 19.8. The second-order valence-electron chi connectivity index (χ2n) is 21.9. The minimum absolute atomic E-state index is 0.0156. The molecule has 0 spiro atoms. The highest BCUT2D eigenvalue weighted by Gasteiger charge is 2.55. The van der Waals surface area contributed by atoms with Crippen LogP contribution in [-0.4, -0.2) is 157 Å². The largest absolute Gasteiger partial charge is 0.459 e. The fraction of sp³-hybridized carbons (Fsp3) is 0.655. The lowest BCUT2D eigenvalue weighted by molar-refractivity contribution is -0.319. The lowest BCUT2D eigenvalue weighted by atomic mass is 9.73. The van der Waals surface area contributed by atoms with Crippen molar-refractivity contribution in [1.29, 1.82) is 0 Å². The summed E-state index contributed by atoms with van der Waals surface area (Å²) in [4.78, 5) is 48.4. The SMILES string of the molecule is CC[C@H]1OC(=O)[C@H](C)[C@@H](O[C@H]2C[C@@](C)(OC)[C@@H](OC(=O)c3ccccc3)[C@H](C)O2)[C@@H](C)[C@@H](O[C@@H]2O[C@H](C)C[C@H](N(C)C)[C@H]2O)[C@]2(C)C[C@@H](C)C(=NC(C)=O)[C@H](C)[C@@H](OCC(/C=C/c3ccccc3)=C\CO2)[C@]1(C)O. The zero-order valence-corrected chi connectivity index (χ0v) is 46.1. The Hall–Kier alpha value is -4.20. The van der Waals surface area contributed by atoms with E-state index < -0.39 is 114 Å². The van der Waals surface area contributed by atoms with E-state index in [-0.39, 0.29) is 44.6 Å². The van der Waals surface area contributed by atoms with Crippen LogP contribution in [0, 0.1) is 23.7 Å². The van der Waals surface area contributed by atoms with Gasteiger partial charge in [0.2, 0.25) is 5.91 Å². The topological polar surface area (TPSA) is 190 Å². The molecule has 4 aliphatic heterocycles. The Balaban J connectivity index is 1.53. The summed E-state index contributed by atoms with van der Waals surface area (Å²) in [5.74, 6) is -4.70. The average molecular weight is 1030 g/mol. The van der Waals surface area contributed by atoms with Crippen molar-refractivity contribution >= 4 is 29.6 Å². The average Bonchev–Trinajstić information content (AvgIpc) is 3.35. The molecule has 0 saturated carbocycles. The van der Waals surface area contributed by atoms with Gasteiger partial charge >= 0.3 is 11.9 Å². The molecule has 0 aliphatic carbocycles. The van der Waals surface area contributed by atoms with Crippen molar-refractivity contribution in [2.75, 3.05) is 34.4 Å². The number of carbonyl (C=O) groups is 3. The summed E-state index contributed by atoms with van der Waals surface area (Å²) in [7, 11) is 5.35. The minimum atomic E-state index is -1.83. The number of carbonyl (C=O) groups excluding carboxylic acids is 3. The van der Waals surface area contributed by atoms with E-state index in [1.54, 1.807) is 45.0 Å². The van der Waals surface area contributed by atoms with Crippen LogP contribution in [0.15, 0.2) is 83.4 Å². The van der Waals surface area contributed by atoms with Crippen LogP contribution in [0.4, 0.5) is 0 Å². The second-order valence-corrected chi connectivity index (χ2v) is 21.9. The summed E-state index contributed by atoms with van der Waals surface area (Å²) in [5, 5.41) is 25.1. The van der Waals surface area contributed by atoms with E-state index in [4.69, 9.17) is 42.6 Å². The molecule has 3 saturated heterocycles. The van der Waals surface area contributed by atoms with Crippen molar-refractivity contribution in [2.24, 2.45) is 28.7 Å². The fourth-order valence-corrected chi connectivity index (χ4v) is 11.7. The normalized spacial score (nSPS) is 40.2. The highest BCUT2D eigenvalue weighted by Crippen LogP contribution is 2.43. The number of cyclic esters (lactones) is 1. The molecule has 4 aliphatic rings. The maximum absolute atomic E-state index is 15.1. The van der Waals surface area contributed by atoms with Crippen molar-refractivity contribution in [1.82, 2.24) is 4.90 Å². The fourth-order valence-electron chi connectivity index (χ4n) is 11.7. The summed E-state index contributed by atoms with van der Waals surface area (Å²) >= 11 is 0. The maximum Gasteiger partial charge on any atom is 0.338 e. The van der Waals surface area contributed by atoms with Crippen molar-refractivity contribution in [3.8, 4) is 0 Å². The van der Waals surface area contributed by atoms with Crippen LogP contribution >= 0.6 is 0 Å². The van der Waals surface area contributed by atoms with Gasteiger partial charge in [-0.2, -0.15) is 0 Å². The van der Waals surface area contributed by atoms with Gasteiger partial charge in [-0.05, 0) is 104 Å². The molecule has 0 aromatic heterocycles. The molecule has 2 aromatic carbocycles. The molecule has 0 radical (unpaired) electrons. The zero-order chi connectivity index (χ0) is 54.3. The van der Waals surface area contributed by atoms with Crippen molar-refractivity contribution in [3.63, 3.8) is 0 Å². The van der Waals surface area contributed by atoms with E-state index in [9.17, 15) is 19.8 Å².